The summed E-state index contributed by atoms with van der Waals surface area (Å²) in [7, 11) is 0. The van der Waals surface area contributed by atoms with Crippen LogP contribution in [0, 0.1) is 5.82 Å². The molecule has 1 fully saturated rings. The second kappa shape index (κ2) is 6.50. The van der Waals surface area contributed by atoms with Crippen LogP contribution in [0.4, 0.5) is 4.39 Å². The molecule has 1 atom stereocenters. The van der Waals surface area contributed by atoms with Crippen LogP contribution in [0.25, 0.3) is 0 Å². The van der Waals surface area contributed by atoms with Crippen LogP contribution in [-0.2, 0) is 6.54 Å². The van der Waals surface area contributed by atoms with Crippen LogP contribution >= 0.6 is 11.6 Å². The van der Waals surface area contributed by atoms with Gasteiger partial charge in [0.05, 0.1) is 0 Å². The molecule has 0 bridgehead atoms. The molecular formula is C14H20ClFN2. The molecule has 0 saturated carbocycles. The van der Waals surface area contributed by atoms with E-state index in [0.717, 1.165) is 12.1 Å². The molecular weight excluding hydrogens is 251 g/mol. The maximum absolute atomic E-state index is 13.1. The van der Waals surface area contributed by atoms with Crippen LogP contribution in [0.2, 0.25) is 5.02 Å². The minimum absolute atomic E-state index is 0.233. The Morgan fingerprint density at radius 2 is 2.11 bits per heavy atom. The van der Waals surface area contributed by atoms with Crippen molar-refractivity contribution >= 4 is 11.6 Å². The molecule has 0 aliphatic carbocycles. The zero-order valence-electron chi connectivity index (χ0n) is 10.8. The molecule has 1 heterocycles. The number of hydrogen-bond acceptors (Lipinski definition) is 2. The Labute approximate surface area is 113 Å². The number of benzene rings is 1. The second-order valence-corrected chi connectivity index (χ2v) is 5.43. The SMILES string of the molecule is CC(CN1CCCC1)NCc1cc(F)ccc1Cl. The van der Waals surface area contributed by atoms with Gasteiger partial charge in [0.1, 0.15) is 5.82 Å². The summed E-state index contributed by atoms with van der Waals surface area (Å²) in [6, 6.07) is 4.89. The Balaban J connectivity index is 1.81. The summed E-state index contributed by atoms with van der Waals surface area (Å²) >= 11 is 6.03. The highest BCUT2D eigenvalue weighted by Crippen LogP contribution is 2.17. The first kappa shape index (κ1) is 13.8. The molecule has 1 aromatic rings. The number of hydrogen-bond donors (Lipinski definition) is 1. The van der Waals surface area contributed by atoms with Crippen LogP contribution in [0.3, 0.4) is 0 Å². The van der Waals surface area contributed by atoms with Crippen LogP contribution in [0.1, 0.15) is 25.3 Å². The summed E-state index contributed by atoms with van der Waals surface area (Å²) in [4.78, 5) is 2.46. The fourth-order valence-electron chi connectivity index (χ4n) is 2.38. The normalized spacial score (nSPS) is 18.2. The number of rotatable bonds is 5. The van der Waals surface area contributed by atoms with Crippen molar-refractivity contribution in [2.45, 2.75) is 32.4 Å². The van der Waals surface area contributed by atoms with E-state index in [9.17, 15) is 4.39 Å². The molecule has 4 heteroatoms. The highest BCUT2D eigenvalue weighted by molar-refractivity contribution is 6.31. The predicted molar refractivity (Wildman–Crippen MR) is 73.4 cm³/mol. The van der Waals surface area contributed by atoms with E-state index in [1.54, 1.807) is 6.07 Å². The number of nitrogens with one attached hydrogen (secondary N) is 1. The molecule has 1 aliphatic rings. The van der Waals surface area contributed by atoms with E-state index in [1.165, 1.54) is 38.1 Å². The monoisotopic (exact) mass is 270 g/mol. The molecule has 1 unspecified atom stereocenters. The molecule has 2 nitrogen and oxygen atoms in total. The summed E-state index contributed by atoms with van der Waals surface area (Å²) in [5.74, 6) is -0.233. The van der Waals surface area contributed by atoms with Crippen LogP contribution < -0.4 is 5.32 Å². The van der Waals surface area contributed by atoms with E-state index in [2.05, 4.69) is 17.1 Å². The van der Waals surface area contributed by atoms with Crippen molar-refractivity contribution in [1.82, 2.24) is 10.2 Å². The molecule has 0 amide bonds. The minimum atomic E-state index is -0.233. The first-order valence-corrected chi connectivity index (χ1v) is 6.92. The Morgan fingerprint density at radius 3 is 2.83 bits per heavy atom. The molecule has 0 aromatic heterocycles. The smallest absolute Gasteiger partial charge is 0.123 e. The Morgan fingerprint density at radius 1 is 1.39 bits per heavy atom. The summed E-state index contributed by atoms with van der Waals surface area (Å²) in [5, 5.41) is 4.02. The first-order chi connectivity index (χ1) is 8.65. The average Bonchev–Trinajstić information content (AvgIpc) is 2.83. The molecule has 1 aliphatic heterocycles. The van der Waals surface area contributed by atoms with E-state index < -0.39 is 0 Å². The van der Waals surface area contributed by atoms with E-state index >= 15 is 0 Å². The lowest BCUT2D eigenvalue weighted by Gasteiger charge is -2.21. The lowest BCUT2D eigenvalue weighted by atomic mass is 10.2. The Bertz CT molecular complexity index is 391. The highest BCUT2D eigenvalue weighted by Gasteiger charge is 2.14. The first-order valence-electron chi connectivity index (χ1n) is 6.55. The lowest BCUT2D eigenvalue weighted by Crippen LogP contribution is -2.37. The molecule has 1 aromatic carbocycles. The van der Waals surface area contributed by atoms with Gasteiger partial charge in [-0.25, -0.2) is 4.39 Å². The maximum Gasteiger partial charge on any atom is 0.123 e. The van der Waals surface area contributed by atoms with Gasteiger partial charge >= 0.3 is 0 Å². The standard InChI is InChI=1S/C14H20ClFN2/c1-11(10-18-6-2-3-7-18)17-9-12-8-13(16)4-5-14(12)15/h4-5,8,11,17H,2-3,6-7,9-10H2,1H3. The van der Waals surface area contributed by atoms with Gasteiger partial charge in [0, 0.05) is 24.2 Å². The van der Waals surface area contributed by atoms with Gasteiger partial charge in [-0.3, -0.25) is 0 Å². The van der Waals surface area contributed by atoms with Crippen molar-refractivity contribution in [3.8, 4) is 0 Å². The van der Waals surface area contributed by atoms with Crippen molar-refractivity contribution in [3.63, 3.8) is 0 Å². The molecule has 2 rings (SSSR count). The highest BCUT2D eigenvalue weighted by atomic mass is 35.5. The van der Waals surface area contributed by atoms with Crippen molar-refractivity contribution in [2.24, 2.45) is 0 Å². The van der Waals surface area contributed by atoms with Gasteiger partial charge in [-0.2, -0.15) is 0 Å². The van der Waals surface area contributed by atoms with E-state index in [0.29, 0.717) is 17.6 Å². The van der Waals surface area contributed by atoms with E-state index in [4.69, 9.17) is 11.6 Å². The number of nitrogens with zero attached hydrogens (tertiary/aromatic N) is 1. The third-order valence-corrected chi connectivity index (χ3v) is 3.75. The summed E-state index contributed by atoms with van der Waals surface area (Å²) in [6.45, 7) is 6.23. The largest absolute Gasteiger partial charge is 0.309 e. The predicted octanol–water partition coefficient (Wildman–Crippen LogP) is 3.05. The minimum Gasteiger partial charge on any atom is -0.309 e. The van der Waals surface area contributed by atoms with E-state index in [-0.39, 0.29) is 5.82 Å². The third kappa shape index (κ3) is 3.94. The van der Waals surface area contributed by atoms with Crippen LogP contribution in [-0.4, -0.2) is 30.6 Å². The lowest BCUT2D eigenvalue weighted by molar-refractivity contribution is 0.298. The summed E-state index contributed by atoms with van der Waals surface area (Å²) < 4.78 is 13.1. The molecule has 1 saturated heterocycles. The zero-order valence-corrected chi connectivity index (χ0v) is 11.5. The van der Waals surface area contributed by atoms with Gasteiger partial charge in [-0.15, -0.1) is 0 Å². The Kier molecular flexibility index (Phi) is 4.98. The topological polar surface area (TPSA) is 15.3 Å². The number of halogens is 2. The van der Waals surface area contributed by atoms with Crippen molar-refractivity contribution in [2.75, 3.05) is 19.6 Å². The van der Waals surface area contributed by atoms with Gasteiger partial charge < -0.3 is 10.2 Å². The molecule has 18 heavy (non-hydrogen) atoms. The van der Waals surface area contributed by atoms with Crippen molar-refractivity contribution in [1.29, 1.82) is 0 Å². The fourth-order valence-corrected chi connectivity index (χ4v) is 2.56. The average molecular weight is 271 g/mol. The third-order valence-electron chi connectivity index (χ3n) is 3.38. The molecule has 100 valence electrons. The van der Waals surface area contributed by atoms with Crippen LogP contribution in [0.5, 0.6) is 0 Å². The second-order valence-electron chi connectivity index (χ2n) is 5.03. The van der Waals surface area contributed by atoms with Gasteiger partial charge in [0.25, 0.3) is 0 Å². The molecule has 0 radical (unpaired) electrons. The van der Waals surface area contributed by atoms with Crippen LogP contribution in [0.15, 0.2) is 18.2 Å². The number of likely N-dealkylation sites (tertiary alicyclic amines) is 1. The van der Waals surface area contributed by atoms with Crippen molar-refractivity contribution < 1.29 is 4.39 Å². The van der Waals surface area contributed by atoms with E-state index in [1.807, 2.05) is 0 Å². The zero-order chi connectivity index (χ0) is 13.0. The van der Waals surface area contributed by atoms with Gasteiger partial charge in [-0.05, 0) is 56.6 Å². The molecule has 1 N–H and O–H groups in total. The van der Waals surface area contributed by atoms with Gasteiger partial charge in [0.2, 0.25) is 0 Å². The summed E-state index contributed by atoms with van der Waals surface area (Å²) in [5.41, 5.74) is 0.824. The Hall–Kier alpha value is -0.640. The van der Waals surface area contributed by atoms with Crippen molar-refractivity contribution in [3.05, 3.63) is 34.6 Å². The summed E-state index contributed by atoms with van der Waals surface area (Å²) in [6.07, 6.45) is 2.62. The van der Waals surface area contributed by atoms with Gasteiger partial charge in [-0.1, -0.05) is 11.6 Å². The molecule has 0 spiro atoms. The quantitative estimate of drug-likeness (QED) is 0.885. The maximum atomic E-state index is 13.1. The fraction of sp³-hybridized carbons (Fsp3) is 0.571. The van der Waals surface area contributed by atoms with Gasteiger partial charge in [0.15, 0.2) is 0 Å².